The average Bonchev–Trinajstić information content (AvgIpc) is 3.27. The lowest BCUT2D eigenvalue weighted by Crippen LogP contribution is -2.18. The Labute approximate surface area is 184 Å². The van der Waals surface area contributed by atoms with Gasteiger partial charge in [-0.05, 0) is 85.8 Å². The van der Waals surface area contributed by atoms with Gasteiger partial charge in [0.2, 0.25) is 0 Å². The normalized spacial score (nSPS) is 19.9. The molecule has 148 valence electrons. The van der Waals surface area contributed by atoms with Gasteiger partial charge in [-0.2, -0.15) is 0 Å². The number of halogens is 2. The van der Waals surface area contributed by atoms with Crippen LogP contribution in [0.5, 0.6) is 0 Å². The maximum Gasteiger partial charge on any atom is 0.332 e. The number of esters is 2. The van der Waals surface area contributed by atoms with Gasteiger partial charge in [-0.25, -0.2) is 9.59 Å². The van der Waals surface area contributed by atoms with Crippen LogP contribution in [0.2, 0.25) is 0 Å². The Morgan fingerprint density at radius 2 is 1.21 bits per heavy atom. The highest BCUT2D eigenvalue weighted by atomic mass is 79.9. The molecule has 0 radical (unpaired) electrons. The Balaban J connectivity index is 1.41. The zero-order chi connectivity index (χ0) is 20.4. The molecule has 0 saturated carbocycles. The second-order valence-corrected chi connectivity index (χ2v) is 8.24. The predicted molar refractivity (Wildman–Crippen MR) is 116 cm³/mol. The van der Waals surface area contributed by atoms with Crippen LogP contribution in [0.4, 0.5) is 11.4 Å². The lowest BCUT2D eigenvalue weighted by atomic mass is 10.0. The number of rotatable bonds is 6. The van der Waals surface area contributed by atoms with Gasteiger partial charge in [0.25, 0.3) is 0 Å². The minimum atomic E-state index is -0.449. The van der Waals surface area contributed by atoms with Gasteiger partial charge in [-0.1, -0.05) is 12.1 Å². The number of cyclic esters (lactones) is 2. The summed E-state index contributed by atoms with van der Waals surface area (Å²) >= 11 is 7.14. The van der Waals surface area contributed by atoms with E-state index in [1.807, 2.05) is 36.4 Å². The van der Waals surface area contributed by atoms with Crippen molar-refractivity contribution in [2.24, 2.45) is 0 Å². The fraction of sp³-hybridized carbons (Fsp3) is 0.143. The topological polar surface area (TPSA) is 76.7 Å². The summed E-state index contributed by atoms with van der Waals surface area (Å²) in [5.74, 6) is -0.693. The van der Waals surface area contributed by atoms with E-state index in [9.17, 15) is 9.59 Å². The Morgan fingerprint density at radius 1 is 0.759 bits per heavy atom. The first-order chi connectivity index (χ1) is 14.0. The lowest BCUT2D eigenvalue weighted by Gasteiger charge is -2.16. The number of benzene rings is 2. The monoisotopic (exact) mass is 518 g/mol. The summed E-state index contributed by atoms with van der Waals surface area (Å²) in [7, 11) is 0. The highest BCUT2D eigenvalue weighted by Crippen LogP contribution is 2.29. The van der Waals surface area contributed by atoms with Crippen LogP contribution in [0.1, 0.15) is 11.1 Å². The van der Waals surface area contributed by atoms with Gasteiger partial charge in [0, 0.05) is 21.1 Å². The van der Waals surface area contributed by atoms with Gasteiger partial charge < -0.3 is 20.1 Å². The number of carbonyl (C=O) groups excluding carboxylic acids is 2. The van der Waals surface area contributed by atoms with Crippen molar-refractivity contribution in [3.05, 3.63) is 80.8 Å². The van der Waals surface area contributed by atoms with Crippen molar-refractivity contribution in [2.45, 2.75) is 18.9 Å². The molecule has 0 aromatic heterocycles. The van der Waals surface area contributed by atoms with Crippen LogP contribution in [0, 0.1) is 0 Å². The number of anilines is 2. The van der Waals surface area contributed by atoms with Crippen LogP contribution < -0.4 is 10.6 Å². The van der Waals surface area contributed by atoms with Crippen molar-refractivity contribution in [3.8, 4) is 0 Å². The Kier molecular flexibility index (Phi) is 5.73. The van der Waals surface area contributed by atoms with E-state index in [2.05, 4.69) is 42.5 Å². The van der Waals surface area contributed by atoms with Crippen LogP contribution in [0.3, 0.4) is 0 Å². The lowest BCUT2D eigenvalue weighted by molar-refractivity contribution is -0.138. The van der Waals surface area contributed by atoms with E-state index in [1.54, 1.807) is 12.2 Å². The maximum atomic E-state index is 11.2. The summed E-state index contributed by atoms with van der Waals surface area (Å²) in [5.41, 5.74) is 3.94. The molecular weight excluding hydrogens is 504 g/mol. The molecule has 2 aliphatic heterocycles. The first-order valence-electron chi connectivity index (χ1n) is 8.84. The van der Waals surface area contributed by atoms with Crippen LogP contribution >= 0.6 is 31.9 Å². The largest absolute Gasteiger partial charge is 0.435 e. The molecule has 29 heavy (non-hydrogen) atoms. The fourth-order valence-corrected chi connectivity index (χ4v) is 4.09. The minimum Gasteiger partial charge on any atom is -0.435 e. The molecule has 2 aromatic carbocycles. The molecule has 2 aromatic rings. The summed E-state index contributed by atoms with van der Waals surface area (Å²) in [5, 5.41) is 6.30. The third-order valence-corrected chi connectivity index (χ3v) is 5.68. The number of nitrogens with one attached hydrogen (secondary N) is 2. The third-order valence-electron chi connectivity index (χ3n) is 4.37. The maximum absolute atomic E-state index is 11.2. The first-order valence-corrected chi connectivity index (χ1v) is 10.4. The van der Waals surface area contributed by atoms with Crippen LogP contribution in [0.25, 0.3) is 0 Å². The number of hydrogen-bond donors (Lipinski definition) is 2. The molecule has 0 bridgehead atoms. The smallest absolute Gasteiger partial charge is 0.332 e. The summed E-state index contributed by atoms with van der Waals surface area (Å²) < 4.78 is 12.0. The summed E-state index contributed by atoms with van der Waals surface area (Å²) in [6, 6.07) is 12.0. The van der Waals surface area contributed by atoms with Crippen molar-refractivity contribution < 1.29 is 19.1 Å². The molecule has 8 heteroatoms. The molecule has 0 aliphatic carbocycles. The molecule has 2 unspecified atom stereocenters. The van der Waals surface area contributed by atoms with Crippen molar-refractivity contribution in [3.63, 3.8) is 0 Å². The van der Waals surface area contributed by atoms with Crippen molar-refractivity contribution in [2.75, 3.05) is 10.6 Å². The quantitative estimate of drug-likeness (QED) is 0.547. The van der Waals surface area contributed by atoms with Gasteiger partial charge in [0.15, 0.2) is 12.5 Å². The second-order valence-electron chi connectivity index (χ2n) is 6.53. The fourth-order valence-electron chi connectivity index (χ4n) is 3.01. The van der Waals surface area contributed by atoms with E-state index in [0.717, 1.165) is 37.9 Å². The van der Waals surface area contributed by atoms with Crippen molar-refractivity contribution >= 4 is 55.2 Å². The minimum absolute atomic E-state index is 0.346. The standard InChI is InChI=1S/C21H16Br2N2O4/c22-14-10-12(1-3-16(14)24-18-5-7-20(26)28-18)9-13-2-4-17(15(23)11-13)25-19-6-8-21(27)29-19/h1-8,10-11,18-19,24-25H,9H2. The second kappa shape index (κ2) is 8.42. The SMILES string of the molecule is O=C1C=CC(Nc2ccc(Cc3ccc(NC4C=CC(=O)O4)c(Br)c3)cc2Br)O1. The predicted octanol–water partition coefficient (Wildman–Crippen LogP) is 4.50. The van der Waals surface area contributed by atoms with Crippen molar-refractivity contribution in [1.82, 2.24) is 0 Å². The van der Waals surface area contributed by atoms with E-state index in [0.29, 0.717) is 0 Å². The van der Waals surface area contributed by atoms with Crippen molar-refractivity contribution in [1.29, 1.82) is 0 Å². The molecule has 0 fully saturated rings. The molecule has 6 nitrogen and oxygen atoms in total. The summed E-state index contributed by atoms with van der Waals surface area (Å²) in [6.45, 7) is 0. The molecule has 0 spiro atoms. The number of carbonyl (C=O) groups is 2. The van der Waals surface area contributed by atoms with E-state index < -0.39 is 12.5 Å². The van der Waals surface area contributed by atoms with Gasteiger partial charge in [-0.15, -0.1) is 0 Å². The van der Waals surface area contributed by atoms with E-state index in [4.69, 9.17) is 9.47 Å². The summed E-state index contributed by atoms with van der Waals surface area (Å²) in [4.78, 5) is 22.3. The Morgan fingerprint density at radius 3 is 1.55 bits per heavy atom. The molecule has 2 heterocycles. The average molecular weight is 520 g/mol. The van der Waals surface area contributed by atoms with E-state index in [-0.39, 0.29) is 11.9 Å². The van der Waals surface area contributed by atoms with Crippen LogP contribution in [-0.4, -0.2) is 24.4 Å². The molecular formula is C21H16Br2N2O4. The Hall–Kier alpha value is -2.58. The van der Waals surface area contributed by atoms with Gasteiger partial charge in [0.1, 0.15) is 0 Å². The molecule has 4 rings (SSSR count). The molecule has 0 saturated heterocycles. The third kappa shape index (κ3) is 4.89. The van der Waals surface area contributed by atoms with Crippen LogP contribution in [-0.2, 0) is 25.5 Å². The van der Waals surface area contributed by atoms with Crippen LogP contribution in [0.15, 0.2) is 69.6 Å². The van der Waals surface area contributed by atoms with Gasteiger partial charge in [0.05, 0.1) is 11.4 Å². The summed E-state index contributed by atoms with van der Waals surface area (Å²) in [6.07, 6.45) is 6.02. The highest BCUT2D eigenvalue weighted by molar-refractivity contribution is 9.11. The van der Waals surface area contributed by atoms with Gasteiger partial charge in [-0.3, -0.25) is 0 Å². The van der Waals surface area contributed by atoms with Gasteiger partial charge >= 0.3 is 11.9 Å². The Bertz CT molecular complexity index is 954. The first kappa shape index (κ1) is 19.7. The molecule has 2 aliphatic rings. The van der Waals surface area contributed by atoms with E-state index in [1.165, 1.54) is 12.2 Å². The zero-order valence-electron chi connectivity index (χ0n) is 15.0. The zero-order valence-corrected chi connectivity index (χ0v) is 18.2. The molecule has 2 atom stereocenters. The highest BCUT2D eigenvalue weighted by Gasteiger charge is 2.18. The number of hydrogen-bond acceptors (Lipinski definition) is 6. The molecule has 2 N–H and O–H groups in total. The number of ether oxygens (including phenoxy) is 2. The van der Waals surface area contributed by atoms with E-state index >= 15 is 0 Å². The molecule has 0 amide bonds.